The third-order valence-electron chi connectivity index (χ3n) is 5.64. The van der Waals surface area contributed by atoms with E-state index in [1.807, 2.05) is 30.6 Å². The molecule has 0 amide bonds. The number of phenols is 1. The lowest BCUT2D eigenvalue weighted by Gasteiger charge is -2.30. The Morgan fingerprint density at radius 2 is 2.00 bits per heavy atom. The van der Waals surface area contributed by atoms with Crippen molar-refractivity contribution in [2.75, 3.05) is 18.0 Å². The van der Waals surface area contributed by atoms with Gasteiger partial charge in [0.1, 0.15) is 5.75 Å². The Morgan fingerprint density at radius 1 is 1.07 bits per heavy atom. The van der Waals surface area contributed by atoms with E-state index in [0.717, 1.165) is 36.6 Å². The van der Waals surface area contributed by atoms with Gasteiger partial charge >= 0.3 is 0 Å². The molecule has 1 unspecified atom stereocenters. The van der Waals surface area contributed by atoms with E-state index in [-0.39, 0.29) is 5.75 Å². The average molecular weight is 360 g/mol. The molecule has 1 aromatic heterocycles. The second-order valence-corrected chi connectivity index (χ2v) is 7.28. The fourth-order valence-corrected chi connectivity index (χ4v) is 4.13. The van der Waals surface area contributed by atoms with Crippen molar-refractivity contribution in [2.45, 2.75) is 31.6 Å². The zero-order valence-corrected chi connectivity index (χ0v) is 15.3. The van der Waals surface area contributed by atoms with Crippen molar-refractivity contribution in [3.63, 3.8) is 0 Å². The van der Waals surface area contributed by atoms with Gasteiger partial charge in [-0.3, -0.25) is 9.78 Å². The first-order chi connectivity index (χ1) is 13.3. The van der Waals surface area contributed by atoms with Gasteiger partial charge in [0.25, 0.3) is 0 Å². The van der Waals surface area contributed by atoms with Gasteiger partial charge in [0.2, 0.25) is 0 Å². The van der Waals surface area contributed by atoms with Crippen LogP contribution in [-0.2, 0) is 0 Å². The topological polar surface area (TPSA) is 53.4 Å². The molecule has 4 rings (SSSR count). The van der Waals surface area contributed by atoms with Crippen LogP contribution in [0.2, 0.25) is 0 Å². The Hall–Kier alpha value is -2.88. The van der Waals surface area contributed by atoms with Gasteiger partial charge in [-0.2, -0.15) is 0 Å². The zero-order valence-electron chi connectivity index (χ0n) is 15.3. The standard InChI is InChI=1S/C23H24N2O2/c26-16-22-21-8-6-18(14-19(21)7-9-23(22)27)17-4-1-2-12-25(13-10-17)20-5-3-11-24-15-20/h3,5-9,11,14-17,27H,1-2,4,10,12-13H2. The second-order valence-electron chi connectivity index (χ2n) is 7.28. The average Bonchev–Trinajstić information content (AvgIpc) is 2.68. The SMILES string of the molecule is O=Cc1c(O)ccc2cc(C3CCCCN(c4cccnc4)CC3)ccc12. The Kier molecular flexibility index (Phi) is 5.05. The number of pyridine rings is 1. The van der Waals surface area contributed by atoms with Crippen LogP contribution in [0, 0.1) is 0 Å². The first-order valence-corrected chi connectivity index (χ1v) is 9.62. The van der Waals surface area contributed by atoms with E-state index in [2.05, 4.69) is 28.1 Å². The van der Waals surface area contributed by atoms with E-state index < -0.39 is 0 Å². The third kappa shape index (κ3) is 3.65. The number of aromatic nitrogens is 1. The molecular weight excluding hydrogens is 336 g/mol. The van der Waals surface area contributed by atoms with Gasteiger partial charge in [-0.15, -0.1) is 0 Å². The first-order valence-electron chi connectivity index (χ1n) is 9.62. The van der Waals surface area contributed by atoms with Gasteiger partial charge in [-0.25, -0.2) is 0 Å². The number of rotatable bonds is 3. The fourth-order valence-electron chi connectivity index (χ4n) is 4.13. The number of anilines is 1. The highest BCUT2D eigenvalue weighted by atomic mass is 16.3. The van der Waals surface area contributed by atoms with Crippen LogP contribution < -0.4 is 4.90 Å². The van der Waals surface area contributed by atoms with Crippen molar-refractivity contribution in [1.29, 1.82) is 0 Å². The van der Waals surface area contributed by atoms with Gasteiger partial charge in [0.05, 0.1) is 17.4 Å². The Morgan fingerprint density at radius 3 is 2.81 bits per heavy atom. The van der Waals surface area contributed by atoms with Crippen molar-refractivity contribution >= 4 is 22.7 Å². The van der Waals surface area contributed by atoms with E-state index in [9.17, 15) is 9.90 Å². The molecule has 1 atom stereocenters. The van der Waals surface area contributed by atoms with E-state index >= 15 is 0 Å². The highest BCUT2D eigenvalue weighted by molar-refractivity contribution is 6.00. The summed E-state index contributed by atoms with van der Waals surface area (Å²) >= 11 is 0. The molecule has 0 aliphatic carbocycles. The lowest BCUT2D eigenvalue weighted by molar-refractivity contribution is 0.112. The summed E-state index contributed by atoms with van der Waals surface area (Å²) in [7, 11) is 0. The molecule has 1 saturated heterocycles. The number of phenolic OH excluding ortho intramolecular Hbond substituents is 1. The number of hydrogen-bond acceptors (Lipinski definition) is 4. The molecule has 4 heteroatoms. The summed E-state index contributed by atoms with van der Waals surface area (Å²) in [6.45, 7) is 2.10. The van der Waals surface area contributed by atoms with Crippen LogP contribution in [0.5, 0.6) is 5.75 Å². The Bertz CT molecular complexity index is 940. The molecule has 4 nitrogen and oxygen atoms in total. The molecule has 0 bridgehead atoms. The minimum absolute atomic E-state index is 0.0447. The van der Waals surface area contributed by atoms with Gasteiger partial charge in [0, 0.05) is 19.3 Å². The minimum atomic E-state index is 0.0447. The van der Waals surface area contributed by atoms with E-state index in [1.54, 1.807) is 6.07 Å². The molecule has 1 aliphatic rings. The summed E-state index contributed by atoms with van der Waals surface area (Å²) in [6.07, 6.45) is 9.16. The third-order valence-corrected chi connectivity index (χ3v) is 5.64. The van der Waals surface area contributed by atoms with Gasteiger partial charge < -0.3 is 10.0 Å². The molecule has 27 heavy (non-hydrogen) atoms. The number of carbonyl (C=O) groups excluding carboxylic acids is 1. The smallest absolute Gasteiger partial charge is 0.154 e. The monoisotopic (exact) mass is 360 g/mol. The van der Waals surface area contributed by atoms with Crippen LogP contribution in [0.4, 0.5) is 5.69 Å². The maximum absolute atomic E-state index is 11.3. The van der Waals surface area contributed by atoms with Crippen LogP contribution in [0.15, 0.2) is 54.9 Å². The maximum Gasteiger partial charge on any atom is 0.154 e. The summed E-state index contributed by atoms with van der Waals surface area (Å²) < 4.78 is 0. The summed E-state index contributed by atoms with van der Waals surface area (Å²) in [5.41, 5.74) is 2.89. The van der Waals surface area contributed by atoms with Crippen molar-refractivity contribution in [2.24, 2.45) is 0 Å². The molecule has 0 saturated carbocycles. The van der Waals surface area contributed by atoms with E-state index in [0.29, 0.717) is 11.5 Å². The van der Waals surface area contributed by atoms with Gasteiger partial charge in [-0.1, -0.05) is 30.7 Å². The predicted octanol–water partition coefficient (Wildman–Crippen LogP) is 4.92. The van der Waals surface area contributed by atoms with Crippen LogP contribution in [0.1, 0.15) is 47.5 Å². The number of fused-ring (bicyclic) bond motifs is 1. The van der Waals surface area contributed by atoms with Gasteiger partial charge in [0.15, 0.2) is 6.29 Å². The number of aldehydes is 1. The normalized spacial score (nSPS) is 18.1. The van der Waals surface area contributed by atoms with Crippen LogP contribution >= 0.6 is 0 Å². The molecule has 1 aliphatic heterocycles. The molecule has 0 spiro atoms. The maximum atomic E-state index is 11.3. The van der Waals surface area contributed by atoms with Crippen molar-refractivity contribution in [3.05, 3.63) is 66.0 Å². The second kappa shape index (κ2) is 7.78. The van der Waals surface area contributed by atoms with Crippen molar-refractivity contribution < 1.29 is 9.90 Å². The molecule has 2 heterocycles. The van der Waals surface area contributed by atoms with Gasteiger partial charge in [-0.05, 0) is 59.7 Å². The lowest BCUT2D eigenvalue weighted by atomic mass is 9.87. The van der Waals surface area contributed by atoms with Crippen LogP contribution in [-0.4, -0.2) is 29.5 Å². The van der Waals surface area contributed by atoms with E-state index in [4.69, 9.17) is 0 Å². The molecule has 3 aromatic rings. The number of aromatic hydroxyl groups is 1. The largest absolute Gasteiger partial charge is 0.507 e. The fraction of sp³-hybridized carbons (Fsp3) is 0.304. The zero-order chi connectivity index (χ0) is 18.6. The molecule has 0 radical (unpaired) electrons. The summed E-state index contributed by atoms with van der Waals surface area (Å²) in [6, 6.07) is 13.9. The highest BCUT2D eigenvalue weighted by Crippen LogP contribution is 2.33. The minimum Gasteiger partial charge on any atom is -0.507 e. The van der Waals surface area contributed by atoms with Crippen LogP contribution in [0.3, 0.4) is 0 Å². The number of nitrogens with zero attached hydrogens (tertiary/aromatic N) is 2. The lowest BCUT2D eigenvalue weighted by Crippen LogP contribution is -2.28. The summed E-state index contributed by atoms with van der Waals surface area (Å²) in [5.74, 6) is 0.547. The van der Waals surface area contributed by atoms with Crippen LogP contribution in [0.25, 0.3) is 10.8 Å². The molecule has 1 N–H and O–H groups in total. The number of benzene rings is 2. The number of hydrogen-bond donors (Lipinski definition) is 1. The summed E-state index contributed by atoms with van der Waals surface area (Å²) in [5, 5.41) is 11.7. The molecule has 1 fully saturated rings. The van der Waals surface area contributed by atoms with Crippen molar-refractivity contribution in [3.8, 4) is 5.75 Å². The molecule has 2 aromatic carbocycles. The first kappa shape index (κ1) is 17.5. The summed E-state index contributed by atoms with van der Waals surface area (Å²) in [4.78, 5) is 18.0. The van der Waals surface area contributed by atoms with E-state index in [1.165, 1.54) is 30.5 Å². The molecular formula is C23H24N2O2. The quantitative estimate of drug-likeness (QED) is 0.674. The Balaban J connectivity index is 1.58. The number of carbonyl (C=O) groups is 1. The highest BCUT2D eigenvalue weighted by Gasteiger charge is 2.18. The Labute approximate surface area is 159 Å². The molecule has 138 valence electrons. The van der Waals surface area contributed by atoms with Crippen molar-refractivity contribution in [1.82, 2.24) is 4.98 Å². The predicted molar refractivity (Wildman–Crippen MR) is 109 cm³/mol.